The van der Waals surface area contributed by atoms with Crippen molar-refractivity contribution in [2.75, 3.05) is 26.7 Å². The van der Waals surface area contributed by atoms with Crippen LogP contribution in [0.15, 0.2) is 18.2 Å². The molecule has 2 rings (SSSR count). The van der Waals surface area contributed by atoms with E-state index in [1.54, 1.807) is 12.1 Å². The van der Waals surface area contributed by atoms with Gasteiger partial charge in [0.25, 0.3) is 0 Å². The molecule has 1 aromatic rings. The second-order valence-electron chi connectivity index (χ2n) is 5.37. The minimum Gasteiger partial charge on any atom is -0.319 e. The highest BCUT2D eigenvalue weighted by Crippen LogP contribution is 2.20. The van der Waals surface area contributed by atoms with Crippen LogP contribution in [0.1, 0.15) is 24.0 Å². The Kier molecular flexibility index (Phi) is 4.72. The van der Waals surface area contributed by atoms with Gasteiger partial charge >= 0.3 is 0 Å². The Morgan fingerprint density at radius 1 is 1.44 bits per heavy atom. The van der Waals surface area contributed by atoms with Gasteiger partial charge in [-0.25, -0.2) is 4.39 Å². The average Bonchev–Trinajstić information content (AvgIpc) is 2.35. The Morgan fingerprint density at radius 2 is 2.28 bits per heavy atom. The molecule has 1 fully saturated rings. The number of likely N-dealkylation sites (tertiary alicyclic amines) is 1. The number of halogens is 1. The molecule has 1 N–H and O–H groups in total. The normalized spacial score (nSPS) is 21.2. The summed E-state index contributed by atoms with van der Waals surface area (Å²) in [5.74, 6) is 0.608. The summed E-state index contributed by atoms with van der Waals surface area (Å²) in [7, 11) is 2.01. The van der Waals surface area contributed by atoms with E-state index in [-0.39, 0.29) is 5.82 Å². The van der Waals surface area contributed by atoms with Crippen molar-refractivity contribution in [3.05, 3.63) is 35.1 Å². The first-order valence-corrected chi connectivity index (χ1v) is 6.81. The van der Waals surface area contributed by atoms with Gasteiger partial charge in [-0.1, -0.05) is 6.07 Å². The zero-order valence-corrected chi connectivity index (χ0v) is 11.4. The first-order valence-electron chi connectivity index (χ1n) is 6.81. The predicted molar refractivity (Wildman–Crippen MR) is 73.1 cm³/mol. The van der Waals surface area contributed by atoms with Gasteiger partial charge in [0.2, 0.25) is 0 Å². The lowest BCUT2D eigenvalue weighted by atomic mass is 9.97. The molecule has 3 heteroatoms. The summed E-state index contributed by atoms with van der Waals surface area (Å²) in [5, 5.41) is 3.26. The predicted octanol–water partition coefficient (Wildman–Crippen LogP) is 2.57. The van der Waals surface area contributed by atoms with Crippen molar-refractivity contribution in [2.24, 2.45) is 5.92 Å². The first kappa shape index (κ1) is 13.5. The van der Waals surface area contributed by atoms with E-state index in [1.807, 2.05) is 13.1 Å². The van der Waals surface area contributed by atoms with E-state index in [4.69, 9.17) is 0 Å². The molecular weight excluding hydrogens is 227 g/mol. The summed E-state index contributed by atoms with van der Waals surface area (Å²) >= 11 is 0. The van der Waals surface area contributed by atoms with Crippen molar-refractivity contribution in [3.63, 3.8) is 0 Å². The Hall–Kier alpha value is -0.930. The van der Waals surface area contributed by atoms with E-state index in [0.29, 0.717) is 0 Å². The molecule has 0 saturated carbocycles. The van der Waals surface area contributed by atoms with Crippen LogP contribution in [0.25, 0.3) is 0 Å². The molecule has 1 aromatic carbocycles. The summed E-state index contributed by atoms with van der Waals surface area (Å²) < 4.78 is 13.3. The van der Waals surface area contributed by atoms with Gasteiger partial charge in [0.05, 0.1) is 0 Å². The summed E-state index contributed by atoms with van der Waals surface area (Å²) in [6.45, 7) is 6.28. The molecule has 100 valence electrons. The van der Waals surface area contributed by atoms with Crippen molar-refractivity contribution >= 4 is 0 Å². The highest BCUT2D eigenvalue weighted by Gasteiger charge is 2.19. The van der Waals surface area contributed by atoms with Gasteiger partial charge in [0.15, 0.2) is 0 Å². The van der Waals surface area contributed by atoms with Gasteiger partial charge in [0, 0.05) is 13.1 Å². The van der Waals surface area contributed by atoms with Gasteiger partial charge in [0.1, 0.15) is 5.82 Å². The SMILES string of the molecule is CNCC1CCCN(Cc2cc(F)ccc2C)C1. The van der Waals surface area contributed by atoms with Gasteiger partial charge in [-0.05, 0) is 69.1 Å². The number of hydrogen-bond donors (Lipinski definition) is 1. The fourth-order valence-corrected chi connectivity index (χ4v) is 2.80. The number of benzene rings is 1. The molecule has 0 spiro atoms. The first-order chi connectivity index (χ1) is 8.69. The topological polar surface area (TPSA) is 15.3 Å². The Balaban J connectivity index is 1.98. The maximum Gasteiger partial charge on any atom is 0.123 e. The van der Waals surface area contributed by atoms with Crippen molar-refractivity contribution in [1.82, 2.24) is 10.2 Å². The third kappa shape index (κ3) is 3.53. The van der Waals surface area contributed by atoms with Gasteiger partial charge in [-0.15, -0.1) is 0 Å². The van der Waals surface area contributed by atoms with E-state index in [2.05, 4.69) is 17.1 Å². The van der Waals surface area contributed by atoms with Crippen LogP contribution >= 0.6 is 0 Å². The Labute approximate surface area is 109 Å². The van der Waals surface area contributed by atoms with Gasteiger partial charge in [-0.3, -0.25) is 4.90 Å². The molecule has 18 heavy (non-hydrogen) atoms. The summed E-state index contributed by atoms with van der Waals surface area (Å²) in [6, 6.07) is 5.09. The number of aryl methyl sites for hydroxylation is 1. The van der Waals surface area contributed by atoms with Crippen LogP contribution in [0.2, 0.25) is 0 Å². The fraction of sp³-hybridized carbons (Fsp3) is 0.600. The number of nitrogens with zero attached hydrogens (tertiary/aromatic N) is 1. The van der Waals surface area contributed by atoms with Gasteiger partial charge < -0.3 is 5.32 Å². The maximum atomic E-state index is 13.3. The third-order valence-electron chi connectivity index (χ3n) is 3.80. The monoisotopic (exact) mass is 250 g/mol. The minimum atomic E-state index is -0.126. The van der Waals surface area contributed by atoms with E-state index in [9.17, 15) is 4.39 Å². The smallest absolute Gasteiger partial charge is 0.123 e. The lowest BCUT2D eigenvalue weighted by Gasteiger charge is -2.33. The zero-order chi connectivity index (χ0) is 13.0. The van der Waals surface area contributed by atoms with E-state index >= 15 is 0 Å². The number of nitrogens with one attached hydrogen (secondary N) is 1. The zero-order valence-electron chi connectivity index (χ0n) is 11.4. The number of rotatable bonds is 4. The third-order valence-corrected chi connectivity index (χ3v) is 3.80. The van der Waals surface area contributed by atoms with Crippen molar-refractivity contribution in [3.8, 4) is 0 Å². The molecule has 1 unspecified atom stereocenters. The molecule has 1 aliphatic heterocycles. The molecule has 1 heterocycles. The van der Waals surface area contributed by atoms with E-state index < -0.39 is 0 Å². The van der Waals surface area contributed by atoms with Crippen LogP contribution < -0.4 is 5.32 Å². The molecule has 0 radical (unpaired) electrons. The standard InChI is InChI=1S/C15H23FN2/c1-12-5-6-15(16)8-14(12)11-18-7-3-4-13(10-18)9-17-2/h5-6,8,13,17H,3-4,7,9-11H2,1-2H3. The molecule has 0 amide bonds. The Morgan fingerprint density at radius 3 is 3.06 bits per heavy atom. The number of hydrogen-bond acceptors (Lipinski definition) is 2. The van der Waals surface area contributed by atoms with Crippen LogP contribution in [0, 0.1) is 18.7 Å². The van der Waals surface area contributed by atoms with Crippen molar-refractivity contribution in [2.45, 2.75) is 26.3 Å². The molecular formula is C15H23FN2. The highest BCUT2D eigenvalue weighted by molar-refractivity contribution is 5.26. The lowest BCUT2D eigenvalue weighted by molar-refractivity contribution is 0.166. The molecule has 0 aromatic heterocycles. The summed E-state index contributed by atoms with van der Waals surface area (Å²) in [5.41, 5.74) is 2.31. The fourth-order valence-electron chi connectivity index (χ4n) is 2.80. The van der Waals surface area contributed by atoms with Crippen LogP contribution in [0.4, 0.5) is 4.39 Å². The quantitative estimate of drug-likeness (QED) is 0.883. The van der Waals surface area contributed by atoms with E-state index in [1.165, 1.54) is 18.4 Å². The summed E-state index contributed by atoms with van der Waals surface area (Å²) in [4.78, 5) is 2.45. The van der Waals surface area contributed by atoms with Crippen molar-refractivity contribution < 1.29 is 4.39 Å². The average molecular weight is 250 g/mol. The van der Waals surface area contributed by atoms with Crippen LogP contribution in [0.3, 0.4) is 0 Å². The minimum absolute atomic E-state index is 0.126. The second kappa shape index (κ2) is 6.30. The molecule has 1 saturated heterocycles. The molecule has 2 nitrogen and oxygen atoms in total. The maximum absolute atomic E-state index is 13.3. The molecule has 0 aliphatic carbocycles. The lowest BCUT2D eigenvalue weighted by Crippen LogP contribution is -2.38. The second-order valence-corrected chi connectivity index (χ2v) is 5.37. The Bertz CT molecular complexity index is 390. The van der Waals surface area contributed by atoms with Crippen LogP contribution in [-0.2, 0) is 6.54 Å². The number of piperidine rings is 1. The van der Waals surface area contributed by atoms with Crippen molar-refractivity contribution in [1.29, 1.82) is 0 Å². The largest absolute Gasteiger partial charge is 0.319 e. The summed E-state index contributed by atoms with van der Waals surface area (Å²) in [6.07, 6.45) is 2.56. The molecule has 0 bridgehead atoms. The molecule has 1 aliphatic rings. The van der Waals surface area contributed by atoms with E-state index in [0.717, 1.165) is 37.7 Å². The van der Waals surface area contributed by atoms with Crippen LogP contribution in [-0.4, -0.2) is 31.6 Å². The highest BCUT2D eigenvalue weighted by atomic mass is 19.1. The molecule has 1 atom stereocenters. The van der Waals surface area contributed by atoms with Gasteiger partial charge in [-0.2, -0.15) is 0 Å². The van der Waals surface area contributed by atoms with Crippen LogP contribution in [0.5, 0.6) is 0 Å².